The molecule has 2 heterocycles. The summed E-state index contributed by atoms with van der Waals surface area (Å²) < 4.78 is 0. The molecule has 0 unspecified atom stereocenters. The number of piperidine rings is 1. The first kappa shape index (κ1) is 12.7. The van der Waals surface area contributed by atoms with Crippen molar-refractivity contribution in [1.29, 1.82) is 0 Å². The van der Waals surface area contributed by atoms with Gasteiger partial charge >= 0.3 is 0 Å². The summed E-state index contributed by atoms with van der Waals surface area (Å²) in [6.07, 6.45) is 4.29. The van der Waals surface area contributed by atoms with Crippen molar-refractivity contribution in [1.82, 2.24) is 4.98 Å². The molecule has 1 aromatic heterocycles. The first-order valence-corrected chi connectivity index (χ1v) is 6.49. The third-order valence-corrected chi connectivity index (χ3v) is 3.59. The van der Waals surface area contributed by atoms with Crippen molar-refractivity contribution < 1.29 is 0 Å². The highest BCUT2D eigenvalue weighted by Gasteiger charge is 2.27. The van der Waals surface area contributed by atoms with E-state index >= 15 is 0 Å². The Labute approximate surface area is 108 Å². The third kappa shape index (κ3) is 2.90. The zero-order valence-corrected chi connectivity index (χ0v) is 11.3. The summed E-state index contributed by atoms with van der Waals surface area (Å²) in [4.78, 5) is 6.74. The lowest BCUT2D eigenvalue weighted by Crippen LogP contribution is -2.40. The quantitative estimate of drug-likeness (QED) is 0.881. The van der Waals surface area contributed by atoms with Gasteiger partial charge in [0.2, 0.25) is 0 Å². The van der Waals surface area contributed by atoms with Crippen LogP contribution in [0.4, 0.5) is 5.82 Å². The number of pyridine rings is 1. The molecule has 17 heavy (non-hydrogen) atoms. The Kier molecular flexibility index (Phi) is 3.59. The molecule has 1 aromatic rings. The summed E-state index contributed by atoms with van der Waals surface area (Å²) in [5.41, 5.74) is 6.90. The van der Waals surface area contributed by atoms with E-state index in [1.54, 1.807) is 0 Å². The lowest BCUT2D eigenvalue weighted by Gasteiger charge is -2.39. The van der Waals surface area contributed by atoms with Gasteiger partial charge in [-0.05, 0) is 29.9 Å². The van der Waals surface area contributed by atoms with Crippen molar-refractivity contribution in [3.05, 3.63) is 22.8 Å². The van der Waals surface area contributed by atoms with Gasteiger partial charge in [0.25, 0.3) is 0 Å². The standard InChI is InChI=1S/C13H20ClN3/c1-13(2)4-3-5-17(9-13)12-11(14)6-10(7-15)8-16-12/h6,8H,3-5,7,9,15H2,1-2H3. The van der Waals surface area contributed by atoms with Crippen LogP contribution in [0, 0.1) is 5.41 Å². The Morgan fingerprint density at radius 3 is 2.88 bits per heavy atom. The maximum Gasteiger partial charge on any atom is 0.147 e. The molecular formula is C13H20ClN3. The summed E-state index contributed by atoms with van der Waals surface area (Å²) in [7, 11) is 0. The largest absolute Gasteiger partial charge is 0.355 e. The Bertz CT molecular complexity index is 404. The molecule has 1 aliphatic heterocycles. The summed E-state index contributed by atoms with van der Waals surface area (Å²) >= 11 is 6.27. The molecule has 2 rings (SSSR count). The fourth-order valence-corrected chi connectivity index (χ4v) is 2.73. The van der Waals surface area contributed by atoms with Crippen LogP contribution >= 0.6 is 11.6 Å². The zero-order valence-electron chi connectivity index (χ0n) is 10.5. The number of nitrogens with two attached hydrogens (primary N) is 1. The van der Waals surface area contributed by atoms with Crippen LogP contribution in [0.5, 0.6) is 0 Å². The van der Waals surface area contributed by atoms with E-state index in [2.05, 4.69) is 23.7 Å². The first-order valence-electron chi connectivity index (χ1n) is 6.11. The highest BCUT2D eigenvalue weighted by molar-refractivity contribution is 6.33. The maximum absolute atomic E-state index is 6.27. The Balaban J connectivity index is 2.22. The minimum atomic E-state index is 0.343. The molecule has 94 valence electrons. The fraction of sp³-hybridized carbons (Fsp3) is 0.615. The van der Waals surface area contributed by atoms with Crippen molar-refractivity contribution >= 4 is 17.4 Å². The summed E-state index contributed by atoms with van der Waals surface area (Å²) in [6.45, 7) is 7.13. The fourth-order valence-electron chi connectivity index (χ4n) is 2.42. The van der Waals surface area contributed by atoms with Crippen LogP contribution in [0.25, 0.3) is 0 Å². The lowest BCUT2D eigenvalue weighted by molar-refractivity contribution is 0.292. The smallest absolute Gasteiger partial charge is 0.147 e. The van der Waals surface area contributed by atoms with Crippen molar-refractivity contribution in [2.45, 2.75) is 33.2 Å². The predicted octanol–water partition coefficient (Wildman–Crippen LogP) is 2.82. The van der Waals surface area contributed by atoms with E-state index in [0.29, 0.717) is 17.0 Å². The van der Waals surface area contributed by atoms with Crippen molar-refractivity contribution in [3.8, 4) is 0 Å². The van der Waals surface area contributed by atoms with Crippen molar-refractivity contribution in [2.24, 2.45) is 11.1 Å². The second kappa shape index (κ2) is 4.83. The van der Waals surface area contributed by atoms with Gasteiger partial charge in [0.05, 0.1) is 5.02 Å². The highest BCUT2D eigenvalue weighted by Crippen LogP contribution is 2.33. The van der Waals surface area contributed by atoms with E-state index in [1.165, 1.54) is 12.8 Å². The lowest BCUT2D eigenvalue weighted by atomic mass is 9.84. The van der Waals surface area contributed by atoms with E-state index < -0.39 is 0 Å². The number of nitrogens with zero attached hydrogens (tertiary/aromatic N) is 2. The molecule has 4 heteroatoms. The van der Waals surface area contributed by atoms with Crippen LogP contribution in [0.15, 0.2) is 12.3 Å². The SMILES string of the molecule is CC1(C)CCCN(c2ncc(CN)cc2Cl)C1. The number of halogens is 1. The molecule has 0 amide bonds. The van der Waals surface area contributed by atoms with Crippen LogP contribution in [-0.4, -0.2) is 18.1 Å². The van der Waals surface area contributed by atoms with Gasteiger partial charge in [-0.15, -0.1) is 0 Å². The molecule has 1 fully saturated rings. The van der Waals surface area contributed by atoms with Gasteiger partial charge in [-0.1, -0.05) is 25.4 Å². The Morgan fingerprint density at radius 1 is 1.53 bits per heavy atom. The minimum Gasteiger partial charge on any atom is -0.355 e. The summed E-state index contributed by atoms with van der Waals surface area (Å²) in [6, 6.07) is 1.92. The zero-order chi connectivity index (χ0) is 12.5. The number of rotatable bonds is 2. The topological polar surface area (TPSA) is 42.2 Å². The molecule has 2 N–H and O–H groups in total. The van der Waals surface area contributed by atoms with E-state index in [-0.39, 0.29) is 0 Å². The molecule has 0 radical (unpaired) electrons. The van der Waals surface area contributed by atoms with Gasteiger partial charge in [0.15, 0.2) is 0 Å². The Hall–Kier alpha value is -0.800. The van der Waals surface area contributed by atoms with Gasteiger partial charge in [-0.2, -0.15) is 0 Å². The van der Waals surface area contributed by atoms with Crippen molar-refractivity contribution in [2.75, 3.05) is 18.0 Å². The average molecular weight is 254 g/mol. The van der Waals surface area contributed by atoms with Crippen LogP contribution in [0.3, 0.4) is 0 Å². The van der Waals surface area contributed by atoms with Crippen molar-refractivity contribution in [3.63, 3.8) is 0 Å². The van der Waals surface area contributed by atoms with Crippen LogP contribution in [0.1, 0.15) is 32.3 Å². The molecule has 0 saturated carbocycles. The molecule has 0 aliphatic carbocycles. The first-order chi connectivity index (χ1) is 8.02. The molecule has 1 aliphatic rings. The molecule has 0 spiro atoms. The second-order valence-electron chi connectivity index (χ2n) is 5.54. The van der Waals surface area contributed by atoms with E-state index in [1.807, 2.05) is 12.3 Å². The number of hydrogen-bond donors (Lipinski definition) is 1. The maximum atomic E-state index is 6.27. The minimum absolute atomic E-state index is 0.343. The third-order valence-electron chi connectivity index (χ3n) is 3.31. The van der Waals surface area contributed by atoms with Gasteiger partial charge < -0.3 is 10.6 Å². The molecular weight excluding hydrogens is 234 g/mol. The predicted molar refractivity (Wildman–Crippen MR) is 72.4 cm³/mol. The van der Waals surface area contributed by atoms with Gasteiger partial charge in [0, 0.05) is 25.8 Å². The second-order valence-corrected chi connectivity index (χ2v) is 5.95. The van der Waals surface area contributed by atoms with Crippen LogP contribution < -0.4 is 10.6 Å². The van der Waals surface area contributed by atoms with Crippen LogP contribution in [-0.2, 0) is 6.54 Å². The van der Waals surface area contributed by atoms with E-state index in [4.69, 9.17) is 17.3 Å². The molecule has 0 bridgehead atoms. The van der Waals surface area contributed by atoms with E-state index in [0.717, 1.165) is 24.5 Å². The Morgan fingerprint density at radius 2 is 2.29 bits per heavy atom. The number of hydrogen-bond acceptors (Lipinski definition) is 3. The normalized spacial score (nSPS) is 19.4. The van der Waals surface area contributed by atoms with E-state index in [9.17, 15) is 0 Å². The number of aromatic nitrogens is 1. The molecule has 3 nitrogen and oxygen atoms in total. The summed E-state index contributed by atoms with van der Waals surface area (Å²) in [5.74, 6) is 0.900. The monoisotopic (exact) mass is 253 g/mol. The molecule has 1 saturated heterocycles. The van der Waals surface area contributed by atoms with Crippen LogP contribution in [0.2, 0.25) is 5.02 Å². The molecule has 0 aromatic carbocycles. The van der Waals surface area contributed by atoms with Gasteiger partial charge in [0.1, 0.15) is 5.82 Å². The highest BCUT2D eigenvalue weighted by atomic mass is 35.5. The molecule has 0 atom stereocenters. The number of anilines is 1. The average Bonchev–Trinajstić information content (AvgIpc) is 2.27. The van der Waals surface area contributed by atoms with Gasteiger partial charge in [-0.25, -0.2) is 4.98 Å². The summed E-state index contributed by atoms with van der Waals surface area (Å²) in [5, 5.41) is 0.714. The van der Waals surface area contributed by atoms with Gasteiger partial charge in [-0.3, -0.25) is 0 Å².